The summed E-state index contributed by atoms with van der Waals surface area (Å²) in [4.78, 5) is 23.0. The zero-order valence-electron chi connectivity index (χ0n) is 15.0. The molecule has 1 rings (SSSR count). The molecule has 0 unspecified atom stereocenters. The van der Waals surface area contributed by atoms with Gasteiger partial charge in [0.05, 0.1) is 0 Å². The monoisotopic (exact) mass is 337 g/mol. The van der Waals surface area contributed by atoms with Gasteiger partial charge in [0, 0.05) is 13.1 Å². The molecule has 0 spiro atoms. The number of hydrogen-bond donors (Lipinski definition) is 3. The van der Waals surface area contributed by atoms with Gasteiger partial charge in [-0.25, -0.2) is 9.59 Å². The molecule has 134 valence electrons. The van der Waals surface area contributed by atoms with E-state index in [4.69, 9.17) is 9.47 Å². The fourth-order valence-electron chi connectivity index (χ4n) is 1.86. The molecule has 3 amide bonds. The van der Waals surface area contributed by atoms with Crippen LogP contribution in [0.4, 0.5) is 9.59 Å². The average Bonchev–Trinajstić information content (AvgIpc) is 2.44. The highest BCUT2D eigenvalue weighted by Crippen LogP contribution is 2.18. The van der Waals surface area contributed by atoms with E-state index in [2.05, 4.69) is 16.0 Å². The van der Waals surface area contributed by atoms with Crippen molar-refractivity contribution >= 4 is 12.1 Å². The number of amides is 3. The predicted octanol–water partition coefficient (Wildman–Crippen LogP) is 2.46. The van der Waals surface area contributed by atoms with E-state index in [0.717, 1.165) is 16.9 Å². The van der Waals surface area contributed by atoms with Gasteiger partial charge >= 0.3 is 12.1 Å². The molecule has 0 bridgehead atoms. The predicted molar refractivity (Wildman–Crippen MR) is 92.2 cm³/mol. The molecule has 7 heteroatoms. The minimum Gasteiger partial charge on any atom is -0.473 e. The van der Waals surface area contributed by atoms with E-state index in [1.165, 1.54) is 0 Å². The van der Waals surface area contributed by atoms with Gasteiger partial charge in [-0.2, -0.15) is 0 Å². The van der Waals surface area contributed by atoms with Gasteiger partial charge in [0.25, 0.3) is 0 Å². The van der Waals surface area contributed by atoms with Crippen LogP contribution < -0.4 is 20.7 Å². The van der Waals surface area contributed by atoms with Crippen molar-refractivity contribution in [3.05, 3.63) is 29.3 Å². The minimum atomic E-state index is -0.541. The molecule has 0 aromatic heterocycles. The van der Waals surface area contributed by atoms with E-state index < -0.39 is 11.7 Å². The van der Waals surface area contributed by atoms with Crippen molar-refractivity contribution in [1.82, 2.24) is 16.0 Å². The molecular formula is C17H27N3O4. The molecule has 0 fully saturated rings. The third kappa shape index (κ3) is 8.26. The highest BCUT2D eigenvalue weighted by atomic mass is 16.6. The van der Waals surface area contributed by atoms with Gasteiger partial charge < -0.3 is 25.4 Å². The highest BCUT2D eigenvalue weighted by Gasteiger charge is 2.15. The summed E-state index contributed by atoms with van der Waals surface area (Å²) in [5, 5.41) is 7.75. The van der Waals surface area contributed by atoms with Crippen molar-refractivity contribution < 1.29 is 19.1 Å². The second-order valence-electron chi connectivity index (χ2n) is 6.42. The fourth-order valence-corrected chi connectivity index (χ4v) is 1.86. The summed E-state index contributed by atoms with van der Waals surface area (Å²) in [6, 6.07) is 5.46. The summed E-state index contributed by atoms with van der Waals surface area (Å²) >= 11 is 0. The Labute approximate surface area is 143 Å². The lowest BCUT2D eigenvalue weighted by Crippen LogP contribution is -2.42. The summed E-state index contributed by atoms with van der Waals surface area (Å²) < 4.78 is 10.6. The van der Waals surface area contributed by atoms with Crippen LogP contribution in [0, 0.1) is 13.8 Å². The van der Waals surface area contributed by atoms with Crippen molar-refractivity contribution in [3.8, 4) is 5.75 Å². The first-order chi connectivity index (χ1) is 11.2. The van der Waals surface area contributed by atoms with Gasteiger partial charge in [0.15, 0.2) is 6.73 Å². The molecular weight excluding hydrogens is 310 g/mol. The topological polar surface area (TPSA) is 88.7 Å². The standard InChI is InChI=1S/C17H27N3O4/c1-12-6-7-14(13(2)10-12)23-11-20-15(21)18-8-9-19-16(22)24-17(3,4)5/h6-7,10H,8-9,11H2,1-5H3,(H,19,22)(H2,18,20,21). The maximum atomic E-state index is 11.6. The molecule has 7 nitrogen and oxygen atoms in total. The maximum Gasteiger partial charge on any atom is 0.407 e. The Kier molecular flexibility index (Phi) is 7.35. The Morgan fingerprint density at radius 2 is 1.71 bits per heavy atom. The van der Waals surface area contributed by atoms with Crippen LogP contribution in [0.2, 0.25) is 0 Å². The first-order valence-electron chi connectivity index (χ1n) is 7.86. The summed E-state index contributed by atoms with van der Waals surface area (Å²) in [6.07, 6.45) is -0.511. The van der Waals surface area contributed by atoms with Crippen LogP contribution >= 0.6 is 0 Å². The fraction of sp³-hybridized carbons (Fsp3) is 0.529. The molecule has 1 aromatic rings. The second-order valence-corrected chi connectivity index (χ2v) is 6.42. The van der Waals surface area contributed by atoms with Crippen molar-refractivity contribution in [1.29, 1.82) is 0 Å². The van der Waals surface area contributed by atoms with E-state index in [1.54, 1.807) is 20.8 Å². The molecule has 0 aliphatic rings. The van der Waals surface area contributed by atoms with Crippen molar-refractivity contribution in [2.75, 3.05) is 19.8 Å². The SMILES string of the molecule is Cc1ccc(OCNC(=O)NCCNC(=O)OC(C)(C)C)c(C)c1. The van der Waals surface area contributed by atoms with Crippen LogP contribution in [-0.2, 0) is 4.74 Å². The van der Waals surface area contributed by atoms with Gasteiger partial charge in [-0.1, -0.05) is 17.7 Å². The quantitative estimate of drug-likeness (QED) is 0.549. The van der Waals surface area contributed by atoms with Crippen molar-refractivity contribution in [2.24, 2.45) is 0 Å². The van der Waals surface area contributed by atoms with Crippen LogP contribution in [0.15, 0.2) is 18.2 Å². The number of ether oxygens (including phenoxy) is 2. The lowest BCUT2D eigenvalue weighted by Gasteiger charge is -2.19. The third-order valence-electron chi connectivity index (χ3n) is 2.87. The maximum absolute atomic E-state index is 11.6. The van der Waals surface area contributed by atoms with Gasteiger partial charge in [0.1, 0.15) is 11.4 Å². The van der Waals surface area contributed by atoms with Crippen LogP contribution in [0.25, 0.3) is 0 Å². The molecule has 3 N–H and O–H groups in total. The Balaban J connectivity index is 2.15. The molecule has 0 aliphatic carbocycles. The number of alkyl carbamates (subject to hydrolysis) is 1. The first-order valence-corrected chi connectivity index (χ1v) is 7.86. The smallest absolute Gasteiger partial charge is 0.407 e. The van der Waals surface area contributed by atoms with Crippen molar-refractivity contribution in [3.63, 3.8) is 0 Å². The van der Waals surface area contributed by atoms with Gasteiger partial charge in [0.2, 0.25) is 0 Å². The van der Waals surface area contributed by atoms with Crippen LogP contribution in [0.5, 0.6) is 5.75 Å². The average molecular weight is 337 g/mol. The number of carbonyl (C=O) groups excluding carboxylic acids is 2. The number of nitrogens with one attached hydrogen (secondary N) is 3. The van der Waals surface area contributed by atoms with E-state index in [1.807, 2.05) is 32.0 Å². The summed E-state index contributed by atoms with van der Waals surface area (Å²) in [7, 11) is 0. The zero-order valence-corrected chi connectivity index (χ0v) is 15.0. The zero-order chi connectivity index (χ0) is 18.2. The number of hydrogen-bond acceptors (Lipinski definition) is 4. The Hall–Kier alpha value is -2.44. The first kappa shape index (κ1) is 19.6. The molecule has 1 aromatic carbocycles. The number of benzene rings is 1. The highest BCUT2D eigenvalue weighted by molar-refractivity contribution is 5.73. The van der Waals surface area contributed by atoms with Crippen LogP contribution in [0.3, 0.4) is 0 Å². The number of carbonyl (C=O) groups is 2. The normalized spacial score (nSPS) is 10.7. The van der Waals surface area contributed by atoms with Gasteiger partial charge in [-0.05, 0) is 46.2 Å². The van der Waals surface area contributed by atoms with E-state index in [-0.39, 0.29) is 25.9 Å². The van der Waals surface area contributed by atoms with Gasteiger partial charge in [-0.15, -0.1) is 0 Å². The lowest BCUT2D eigenvalue weighted by atomic mass is 10.1. The molecule has 0 saturated heterocycles. The van der Waals surface area contributed by atoms with Crippen molar-refractivity contribution in [2.45, 2.75) is 40.2 Å². The Morgan fingerprint density at radius 3 is 2.33 bits per heavy atom. The van der Waals surface area contributed by atoms with E-state index >= 15 is 0 Å². The van der Waals surface area contributed by atoms with Crippen LogP contribution in [0.1, 0.15) is 31.9 Å². The Morgan fingerprint density at radius 1 is 1.04 bits per heavy atom. The lowest BCUT2D eigenvalue weighted by molar-refractivity contribution is 0.0528. The van der Waals surface area contributed by atoms with E-state index in [9.17, 15) is 9.59 Å². The molecule has 0 radical (unpaired) electrons. The largest absolute Gasteiger partial charge is 0.473 e. The molecule has 24 heavy (non-hydrogen) atoms. The molecule has 0 saturated carbocycles. The Bertz CT molecular complexity index is 567. The second kappa shape index (κ2) is 9.00. The number of aryl methyl sites for hydroxylation is 2. The minimum absolute atomic E-state index is 0.0647. The molecule has 0 atom stereocenters. The third-order valence-corrected chi connectivity index (χ3v) is 2.87. The van der Waals surface area contributed by atoms with Gasteiger partial charge in [-0.3, -0.25) is 0 Å². The molecule has 0 aliphatic heterocycles. The molecule has 0 heterocycles. The number of rotatable bonds is 6. The summed E-state index contributed by atoms with van der Waals surface area (Å²) in [5.74, 6) is 0.729. The summed E-state index contributed by atoms with van der Waals surface area (Å²) in [6.45, 7) is 9.94. The summed E-state index contributed by atoms with van der Waals surface area (Å²) in [5.41, 5.74) is 1.63. The van der Waals surface area contributed by atoms with Crippen LogP contribution in [-0.4, -0.2) is 37.5 Å². The van der Waals surface area contributed by atoms with E-state index in [0.29, 0.717) is 0 Å². The number of urea groups is 1.